The van der Waals surface area contributed by atoms with Gasteiger partial charge in [0.2, 0.25) is 0 Å². The van der Waals surface area contributed by atoms with Crippen LogP contribution in [0, 0.1) is 13.8 Å². The molecule has 0 saturated heterocycles. The van der Waals surface area contributed by atoms with Crippen LogP contribution in [0.3, 0.4) is 0 Å². The van der Waals surface area contributed by atoms with Gasteiger partial charge in [-0.25, -0.2) is 4.98 Å². The quantitative estimate of drug-likeness (QED) is 0.870. The molecular formula is C15H21N3. The van der Waals surface area contributed by atoms with Crippen LogP contribution in [0.4, 0.5) is 0 Å². The lowest BCUT2D eigenvalue weighted by Gasteiger charge is -2.18. The number of nitrogens with one attached hydrogen (secondary N) is 1. The molecular weight excluding hydrogens is 222 g/mol. The van der Waals surface area contributed by atoms with Gasteiger partial charge in [-0.05, 0) is 13.8 Å². The van der Waals surface area contributed by atoms with Crippen LogP contribution in [0.5, 0.6) is 0 Å². The fourth-order valence-electron chi connectivity index (χ4n) is 1.87. The molecule has 3 nitrogen and oxygen atoms in total. The molecule has 2 aromatic rings. The molecule has 3 N–H and O–H groups in total. The largest absolute Gasteiger partial charge is 0.345 e. The molecule has 96 valence electrons. The van der Waals surface area contributed by atoms with Crippen molar-refractivity contribution in [2.75, 3.05) is 6.54 Å². The van der Waals surface area contributed by atoms with Crippen molar-refractivity contribution in [3.05, 3.63) is 41.3 Å². The Morgan fingerprint density at radius 2 is 1.78 bits per heavy atom. The molecule has 0 aliphatic carbocycles. The smallest absolute Gasteiger partial charge is 0.113 e. The summed E-state index contributed by atoms with van der Waals surface area (Å²) in [5.74, 6) is 0.957. The van der Waals surface area contributed by atoms with Crippen LogP contribution in [0.25, 0.3) is 11.3 Å². The van der Waals surface area contributed by atoms with Crippen molar-refractivity contribution >= 4 is 0 Å². The Kier molecular flexibility index (Phi) is 3.26. The van der Waals surface area contributed by atoms with Crippen LogP contribution < -0.4 is 5.73 Å². The Morgan fingerprint density at radius 1 is 1.17 bits per heavy atom. The number of aryl methyl sites for hydroxylation is 2. The van der Waals surface area contributed by atoms with Gasteiger partial charge < -0.3 is 10.7 Å². The van der Waals surface area contributed by atoms with Crippen molar-refractivity contribution in [1.82, 2.24) is 9.97 Å². The summed E-state index contributed by atoms with van der Waals surface area (Å²) >= 11 is 0. The summed E-state index contributed by atoms with van der Waals surface area (Å²) in [6.45, 7) is 8.92. The molecule has 1 heterocycles. The van der Waals surface area contributed by atoms with E-state index in [2.05, 4.69) is 56.9 Å². The Labute approximate surface area is 108 Å². The van der Waals surface area contributed by atoms with Gasteiger partial charge in [-0.3, -0.25) is 0 Å². The first kappa shape index (κ1) is 12.8. The molecule has 1 aromatic heterocycles. The van der Waals surface area contributed by atoms with E-state index in [9.17, 15) is 0 Å². The molecule has 0 fully saturated rings. The average Bonchev–Trinajstić information content (AvgIpc) is 2.73. The van der Waals surface area contributed by atoms with Gasteiger partial charge in [0.25, 0.3) is 0 Å². The SMILES string of the molecule is Cc1ccc(-c2nc(C(C)(C)CN)[nH]c2C)cc1. The second-order valence-electron chi connectivity index (χ2n) is 5.51. The zero-order chi connectivity index (χ0) is 13.3. The molecule has 3 heteroatoms. The lowest BCUT2D eigenvalue weighted by Crippen LogP contribution is -2.29. The van der Waals surface area contributed by atoms with E-state index >= 15 is 0 Å². The van der Waals surface area contributed by atoms with E-state index in [1.807, 2.05) is 0 Å². The standard InChI is InChI=1S/C15H21N3/c1-10-5-7-12(8-6-10)13-11(2)17-14(18-13)15(3,4)9-16/h5-8H,9,16H2,1-4H3,(H,17,18). The summed E-state index contributed by atoms with van der Waals surface area (Å²) in [4.78, 5) is 8.07. The van der Waals surface area contributed by atoms with E-state index in [0.29, 0.717) is 6.54 Å². The summed E-state index contributed by atoms with van der Waals surface area (Å²) in [5, 5.41) is 0. The van der Waals surface area contributed by atoms with Crippen LogP contribution in [-0.4, -0.2) is 16.5 Å². The first-order valence-electron chi connectivity index (χ1n) is 6.28. The predicted octanol–water partition coefficient (Wildman–Crippen LogP) is 2.93. The number of aromatic amines is 1. The van der Waals surface area contributed by atoms with Gasteiger partial charge in [-0.1, -0.05) is 43.7 Å². The van der Waals surface area contributed by atoms with Crippen LogP contribution >= 0.6 is 0 Å². The van der Waals surface area contributed by atoms with Crippen LogP contribution in [0.1, 0.15) is 30.9 Å². The first-order valence-corrected chi connectivity index (χ1v) is 6.28. The lowest BCUT2D eigenvalue weighted by molar-refractivity contribution is 0.507. The number of aromatic nitrogens is 2. The van der Waals surface area contributed by atoms with Gasteiger partial charge in [0, 0.05) is 23.2 Å². The third-order valence-electron chi connectivity index (χ3n) is 3.36. The van der Waals surface area contributed by atoms with Gasteiger partial charge in [0.1, 0.15) is 5.82 Å². The maximum absolute atomic E-state index is 5.80. The fourth-order valence-corrected chi connectivity index (χ4v) is 1.87. The predicted molar refractivity (Wildman–Crippen MR) is 75.6 cm³/mol. The topological polar surface area (TPSA) is 54.7 Å². The minimum Gasteiger partial charge on any atom is -0.345 e. The number of hydrogen-bond donors (Lipinski definition) is 2. The average molecular weight is 243 g/mol. The molecule has 0 atom stereocenters. The highest BCUT2D eigenvalue weighted by molar-refractivity contribution is 5.62. The monoisotopic (exact) mass is 243 g/mol. The van der Waals surface area contributed by atoms with Gasteiger partial charge in [0.15, 0.2) is 0 Å². The third-order valence-corrected chi connectivity index (χ3v) is 3.36. The minimum absolute atomic E-state index is 0.117. The van der Waals surface area contributed by atoms with Crippen molar-refractivity contribution in [2.24, 2.45) is 5.73 Å². The molecule has 0 amide bonds. The van der Waals surface area contributed by atoms with E-state index < -0.39 is 0 Å². The van der Waals surface area contributed by atoms with Crippen LogP contribution in [0.2, 0.25) is 0 Å². The number of nitrogens with zero attached hydrogens (tertiary/aromatic N) is 1. The van der Waals surface area contributed by atoms with E-state index in [1.54, 1.807) is 0 Å². The molecule has 2 rings (SSSR count). The number of H-pyrrole nitrogens is 1. The van der Waals surface area contributed by atoms with Crippen molar-refractivity contribution in [1.29, 1.82) is 0 Å². The van der Waals surface area contributed by atoms with Gasteiger partial charge >= 0.3 is 0 Å². The molecule has 0 spiro atoms. The maximum atomic E-state index is 5.80. The van der Waals surface area contributed by atoms with Crippen molar-refractivity contribution in [2.45, 2.75) is 33.1 Å². The molecule has 0 unspecified atom stereocenters. The number of rotatable bonds is 3. The zero-order valence-corrected chi connectivity index (χ0v) is 11.5. The summed E-state index contributed by atoms with van der Waals surface area (Å²) in [7, 11) is 0. The van der Waals surface area contributed by atoms with Gasteiger partial charge in [-0.2, -0.15) is 0 Å². The number of imidazole rings is 1. The number of nitrogens with two attached hydrogens (primary N) is 1. The number of benzene rings is 1. The minimum atomic E-state index is -0.117. The van der Waals surface area contributed by atoms with Crippen molar-refractivity contribution < 1.29 is 0 Å². The van der Waals surface area contributed by atoms with Crippen molar-refractivity contribution in [3.8, 4) is 11.3 Å². The van der Waals surface area contributed by atoms with Crippen LogP contribution in [-0.2, 0) is 5.41 Å². The molecule has 1 aromatic carbocycles. The second-order valence-corrected chi connectivity index (χ2v) is 5.51. The Balaban J connectivity index is 2.44. The molecule has 0 radical (unpaired) electrons. The Bertz CT molecular complexity index is 535. The summed E-state index contributed by atoms with van der Waals surface area (Å²) in [5.41, 5.74) is 10.2. The van der Waals surface area contributed by atoms with Gasteiger partial charge in [-0.15, -0.1) is 0 Å². The second kappa shape index (κ2) is 4.58. The van der Waals surface area contributed by atoms with E-state index in [0.717, 1.165) is 22.8 Å². The van der Waals surface area contributed by atoms with E-state index in [1.165, 1.54) is 5.56 Å². The summed E-state index contributed by atoms with van der Waals surface area (Å²) in [6.07, 6.45) is 0. The maximum Gasteiger partial charge on any atom is 0.113 e. The molecule has 0 bridgehead atoms. The highest BCUT2D eigenvalue weighted by Crippen LogP contribution is 2.26. The third kappa shape index (κ3) is 2.31. The fraction of sp³-hybridized carbons (Fsp3) is 0.400. The number of hydrogen-bond acceptors (Lipinski definition) is 2. The van der Waals surface area contributed by atoms with Gasteiger partial charge in [0.05, 0.1) is 5.69 Å². The first-order chi connectivity index (χ1) is 8.44. The van der Waals surface area contributed by atoms with E-state index in [-0.39, 0.29) is 5.41 Å². The van der Waals surface area contributed by atoms with Crippen LogP contribution in [0.15, 0.2) is 24.3 Å². The highest BCUT2D eigenvalue weighted by atomic mass is 15.0. The van der Waals surface area contributed by atoms with Crippen molar-refractivity contribution in [3.63, 3.8) is 0 Å². The zero-order valence-electron chi connectivity index (χ0n) is 11.5. The molecule has 0 aliphatic rings. The highest BCUT2D eigenvalue weighted by Gasteiger charge is 2.23. The normalized spacial score (nSPS) is 11.8. The summed E-state index contributed by atoms with van der Waals surface area (Å²) < 4.78 is 0. The molecule has 18 heavy (non-hydrogen) atoms. The molecule has 0 aliphatic heterocycles. The van der Waals surface area contributed by atoms with E-state index in [4.69, 9.17) is 10.7 Å². The Morgan fingerprint density at radius 3 is 2.33 bits per heavy atom. The molecule has 0 saturated carbocycles. The lowest BCUT2D eigenvalue weighted by atomic mass is 9.93. The Hall–Kier alpha value is -1.61. The summed E-state index contributed by atoms with van der Waals surface area (Å²) in [6, 6.07) is 8.43.